The number of sulfone groups is 1. The van der Waals surface area contributed by atoms with Crippen LogP contribution in [0.25, 0.3) is 0 Å². The molecule has 0 aromatic heterocycles. The van der Waals surface area contributed by atoms with E-state index in [1.54, 1.807) is 0 Å². The third kappa shape index (κ3) is 4.78. The molecule has 1 saturated heterocycles. The number of nitrogens with one attached hydrogen (secondary N) is 1. The summed E-state index contributed by atoms with van der Waals surface area (Å²) in [5.41, 5.74) is 0.363. The number of ether oxygens (including phenoxy) is 1. The summed E-state index contributed by atoms with van der Waals surface area (Å²) in [7, 11) is -3.63. The number of hydrogen-bond acceptors (Lipinski definition) is 5. The van der Waals surface area contributed by atoms with E-state index in [-0.39, 0.29) is 11.5 Å². The lowest BCUT2D eigenvalue weighted by Gasteiger charge is -2.22. The second-order valence-electron chi connectivity index (χ2n) is 7.06. The molecule has 1 aliphatic carbocycles. The highest BCUT2D eigenvalue weighted by atomic mass is 32.2. The fourth-order valence-corrected chi connectivity index (χ4v) is 4.74. The molecule has 2 N–H and O–H groups in total. The molecule has 2 unspecified atom stereocenters. The van der Waals surface area contributed by atoms with Gasteiger partial charge in [0.25, 0.3) is 0 Å². The van der Waals surface area contributed by atoms with Crippen molar-refractivity contribution >= 4 is 9.84 Å². The van der Waals surface area contributed by atoms with Crippen molar-refractivity contribution in [2.45, 2.75) is 30.8 Å². The topological polar surface area (TPSA) is 75.6 Å². The number of aliphatic hydroxyl groups is 1. The quantitative estimate of drug-likeness (QED) is 0.728. The highest BCUT2D eigenvalue weighted by molar-refractivity contribution is 7.91. The van der Waals surface area contributed by atoms with Gasteiger partial charge in [0, 0.05) is 5.56 Å². The highest BCUT2D eigenvalue weighted by Crippen LogP contribution is 2.47. The lowest BCUT2D eigenvalue weighted by Crippen LogP contribution is -2.29. The maximum Gasteiger partial charge on any atom is 0.180 e. The Bertz CT molecular complexity index is 688. The van der Waals surface area contributed by atoms with Gasteiger partial charge in [-0.1, -0.05) is 6.07 Å². The molecule has 1 aromatic rings. The first-order valence-corrected chi connectivity index (χ1v) is 10.6. The summed E-state index contributed by atoms with van der Waals surface area (Å²) in [6, 6.07) is 3.84. The molecule has 5 nitrogen and oxygen atoms in total. The van der Waals surface area contributed by atoms with Gasteiger partial charge in [-0.3, -0.25) is 0 Å². The predicted octanol–water partition coefficient (Wildman–Crippen LogP) is 1.74. The Kier molecular flexibility index (Phi) is 6.09. The Morgan fingerprint density at radius 3 is 2.72 bits per heavy atom. The Morgan fingerprint density at radius 1 is 1.28 bits per heavy atom. The van der Waals surface area contributed by atoms with Crippen LogP contribution in [-0.2, 0) is 21.2 Å². The zero-order valence-electron chi connectivity index (χ0n) is 14.3. The molecule has 3 rings (SSSR count). The molecule has 0 amide bonds. The summed E-state index contributed by atoms with van der Waals surface area (Å²) in [5.74, 6) is 1.14. The fraction of sp³-hybridized carbons (Fsp3) is 0.667. The summed E-state index contributed by atoms with van der Waals surface area (Å²) >= 11 is 0. The van der Waals surface area contributed by atoms with E-state index in [0.717, 1.165) is 31.0 Å². The predicted molar refractivity (Wildman–Crippen MR) is 92.4 cm³/mol. The minimum absolute atomic E-state index is 0.101. The average Bonchev–Trinajstić information content (AvgIpc) is 3.36. The summed E-state index contributed by atoms with van der Waals surface area (Å²) in [4.78, 5) is -0.101. The van der Waals surface area contributed by atoms with Gasteiger partial charge >= 0.3 is 0 Å². The first-order chi connectivity index (χ1) is 12.0. The number of halogens is 1. The highest BCUT2D eigenvalue weighted by Gasteiger charge is 2.42. The molecule has 2 atom stereocenters. The van der Waals surface area contributed by atoms with Crippen molar-refractivity contribution in [3.8, 4) is 0 Å². The van der Waals surface area contributed by atoms with E-state index in [0.29, 0.717) is 18.1 Å². The van der Waals surface area contributed by atoms with Gasteiger partial charge in [0.2, 0.25) is 0 Å². The Balaban J connectivity index is 1.47. The molecule has 2 aliphatic rings. The SMILES string of the molecule is O=S(=O)(CCO)c1ccc(COCC2CC2C2CCNCC2)c(F)c1. The van der Waals surface area contributed by atoms with Crippen LogP contribution in [0.2, 0.25) is 0 Å². The molecule has 7 heteroatoms. The number of benzene rings is 1. The standard InChI is InChI=1S/C18H26FNO4S/c19-18-10-16(25(22,23)8-7-21)2-1-14(18)11-24-12-15-9-17(15)13-3-5-20-6-4-13/h1-2,10,13,15,17,20-21H,3-9,11-12H2. The largest absolute Gasteiger partial charge is 0.395 e. The molecule has 0 spiro atoms. The molecule has 1 saturated carbocycles. The van der Waals surface area contributed by atoms with Crippen molar-refractivity contribution < 1.29 is 22.7 Å². The van der Waals surface area contributed by atoms with Gasteiger partial charge in [-0.05, 0) is 62.2 Å². The van der Waals surface area contributed by atoms with Crippen LogP contribution < -0.4 is 5.32 Å². The number of aliphatic hydroxyl groups excluding tert-OH is 1. The lowest BCUT2D eigenvalue weighted by molar-refractivity contribution is 0.102. The molecule has 140 valence electrons. The van der Waals surface area contributed by atoms with Crippen molar-refractivity contribution in [1.29, 1.82) is 0 Å². The first kappa shape index (κ1) is 18.8. The van der Waals surface area contributed by atoms with E-state index in [1.807, 2.05) is 0 Å². The van der Waals surface area contributed by atoms with Crippen LogP contribution in [-0.4, -0.2) is 45.6 Å². The van der Waals surface area contributed by atoms with Crippen molar-refractivity contribution in [3.05, 3.63) is 29.6 Å². The summed E-state index contributed by atoms with van der Waals surface area (Å²) in [5, 5.41) is 12.2. The van der Waals surface area contributed by atoms with E-state index in [2.05, 4.69) is 5.32 Å². The smallest absolute Gasteiger partial charge is 0.180 e. The maximum atomic E-state index is 14.1. The zero-order chi connectivity index (χ0) is 17.9. The van der Waals surface area contributed by atoms with Crippen LogP contribution in [0.15, 0.2) is 23.1 Å². The van der Waals surface area contributed by atoms with E-state index < -0.39 is 28.0 Å². The molecular formula is C18H26FNO4S. The van der Waals surface area contributed by atoms with Crippen LogP contribution in [0, 0.1) is 23.6 Å². The molecule has 0 radical (unpaired) electrons. The second-order valence-corrected chi connectivity index (χ2v) is 9.17. The van der Waals surface area contributed by atoms with Gasteiger partial charge < -0.3 is 15.2 Å². The van der Waals surface area contributed by atoms with E-state index >= 15 is 0 Å². The van der Waals surface area contributed by atoms with Gasteiger partial charge in [-0.2, -0.15) is 0 Å². The zero-order valence-corrected chi connectivity index (χ0v) is 15.1. The molecule has 2 fully saturated rings. The van der Waals surface area contributed by atoms with Crippen LogP contribution in [0.3, 0.4) is 0 Å². The molecular weight excluding hydrogens is 345 g/mol. The van der Waals surface area contributed by atoms with Crippen molar-refractivity contribution in [2.75, 3.05) is 32.1 Å². The minimum Gasteiger partial charge on any atom is -0.395 e. The van der Waals surface area contributed by atoms with Crippen molar-refractivity contribution in [1.82, 2.24) is 5.32 Å². The second kappa shape index (κ2) is 8.12. The minimum atomic E-state index is -3.63. The third-order valence-electron chi connectivity index (χ3n) is 5.30. The molecule has 0 bridgehead atoms. The summed E-state index contributed by atoms with van der Waals surface area (Å²) < 4.78 is 43.5. The van der Waals surface area contributed by atoms with Crippen LogP contribution in [0.5, 0.6) is 0 Å². The average molecular weight is 371 g/mol. The van der Waals surface area contributed by atoms with E-state index in [9.17, 15) is 12.8 Å². The Labute approximate surface area is 148 Å². The molecule has 25 heavy (non-hydrogen) atoms. The number of hydrogen-bond donors (Lipinski definition) is 2. The summed E-state index contributed by atoms with van der Waals surface area (Å²) in [6.07, 6.45) is 3.67. The monoisotopic (exact) mass is 371 g/mol. The van der Waals surface area contributed by atoms with Gasteiger partial charge in [0.15, 0.2) is 9.84 Å². The third-order valence-corrected chi connectivity index (χ3v) is 6.99. The number of rotatable bonds is 8. The lowest BCUT2D eigenvalue weighted by atomic mass is 9.92. The van der Waals surface area contributed by atoms with Gasteiger partial charge in [0.05, 0.1) is 30.5 Å². The van der Waals surface area contributed by atoms with Gasteiger partial charge in [-0.25, -0.2) is 12.8 Å². The van der Waals surface area contributed by atoms with Crippen LogP contribution in [0.1, 0.15) is 24.8 Å². The normalized spacial score (nSPS) is 24.4. The first-order valence-electron chi connectivity index (χ1n) is 8.92. The fourth-order valence-electron chi connectivity index (χ4n) is 3.71. The van der Waals surface area contributed by atoms with Crippen LogP contribution in [0.4, 0.5) is 4.39 Å². The van der Waals surface area contributed by atoms with Crippen LogP contribution >= 0.6 is 0 Å². The Morgan fingerprint density at radius 2 is 2.04 bits per heavy atom. The Hall–Kier alpha value is -1.02. The van der Waals surface area contributed by atoms with E-state index in [1.165, 1.54) is 31.4 Å². The van der Waals surface area contributed by atoms with Crippen molar-refractivity contribution in [2.24, 2.45) is 17.8 Å². The molecule has 1 aliphatic heterocycles. The van der Waals surface area contributed by atoms with E-state index in [4.69, 9.17) is 9.84 Å². The molecule has 1 aromatic carbocycles. The van der Waals surface area contributed by atoms with Gasteiger partial charge in [0.1, 0.15) is 5.82 Å². The number of piperidine rings is 1. The summed E-state index contributed by atoms with van der Waals surface area (Å²) in [6.45, 7) is 2.52. The van der Waals surface area contributed by atoms with Crippen molar-refractivity contribution in [3.63, 3.8) is 0 Å². The molecule has 1 heterocycles. The maximum absolute atomic E-state index is 14.1. The van der Waals surface area contributed by atoms with Gasteiger partial charge in [-0.15, -0.1) is 0 Å².